The average molecular weight is 283 g/mol. The molecular formula is C17H21N3O. The maximum atomic E-state index is 12.2. The van der Waals surface area contributed by atoms with Crippen molar-refractivity contribution < 1.29 is 4.79 Å². The summed E-state index contributed by atoms with van der Waals surface area (Å²) in [5.41, 5.74) is 3.36. The van der Waals surface area contributed by atoms with E-state index in [4.69, 9.17) is 0 Å². The van der Waals surface area contributed by atoms with E-state index >= 15 is 0 Å². The summed E-state index contributed by atoms with van der Waals surface area (Å²) < 4.78 is 1.90. The van der Waals surface area contributed by atoms with Gasteiger partial charge in [-0.2, -0.15) is 5.10 Å². The molecule has 3 rings (SSSR count). The van der Waals surface area contributed by atoms with Crippen LogP contribution in [0.1, 0.15) is 36.1 Å². The van der Waals surface area contributed by atoms with Crippen molar-refractivity contribution in [3.05, 3.63) is 53.3 Å². The van der Waals surface area contributed by atoms with E-state index in [0.29, 0.717) is 12.5 Å². The van der Waals surface area contributed by atoms with Gasteiger partial charge in [0.25, 0.3) is 0 Å². The summed E-state index contributed by atoms with van der Waals surface area (Å²) in [6.45, 7) is 5.47. The van der Waals surface area contributed by atoms with Gasteiger partial charge in [0.2, 0.25) is 5.91 Å². The van der Waals surface area contributed by atoms with Gasteiger partial charge in [0.1, 0.15) is 0 Å². The molecule has 1 aliphatic carbocycles. The Bertz CT molecular complexity index is 633. The summed E-state index contributed by atoms with van der Waals surface area (Å²) in [4.78, 5) is 12.2. The van der Waals surface area contributed by atoms with E-state index < -0.39 is 0 Å². The lowest BCUT2D eigenvalue weighted by Gasteiger charge is -2.04. The number of rotatable bonds is 5. The lowest BCUT2D eigenvalue weighted by Crippen LogP contribution is -2.25. The van der Waals surface area contributed by atoms with Crippen LogP contribution in [-0.4, -0.2) is 15.7 Å². The van der Waals surface area contributed by atoms with Crippen LogP contribution in [0.25, 0.3) is 0 Å². The van der Waals surface area contributed by atoms with Crippen LogP contribution in [0.2, 0.25) is 0 Å². The summed E-state index contributed by atoms with van der Waals surface area (Å²) >= 11 is 0. The maximum absolute atomic E-state index is 12.2. The second kappa shape index (κ2) is 5.72. The minimum atomic E-state index is 0.133. The summed E-state index contributed by atoms with van der Waals surface area (Å²) in [7, 11) is 0. The van der Waals surface area contributed by atoms with E-state index in [0.717, 1.165) is 24.2 Å². The lowest BCUT2D eigenvalue weighted by molar-refractivity contribution is -0.122. The maximum Gasteiger partial charge on any atom is 0.224 e. The molecular weight excluding hydrogens is 262 g/mol. The SMILES string of the molecule is CCn1cc(CNC(=O)C2CC2c2ccccc2)c(C)n1. The number of benzene rings is 1. The third-order valence-electron chi connectivity index (χ3n) is 4.18. The van der Waals surface area contributed by atoms with Crippen LogP contribution in [0.15, 0.2) is 36.5 Å². The van der Waals surface area contributed by atoms with Crippen molar-refractivity contribution in [2.45, 2.75) is 39.3 Å². The van der Waals surface area contributed by atoms with E-state index in [-0.39, 0.29) is 11.8 Å². The van der Waals surface area contributed by atoms with Gasteiger partial charge in [-0.25, -0.2) is 0 Å². The van der Waals surface area contributed by atoms with Crippen molar-refractivity contribution in [1.82, 2.24) is 15.1 Å². The predicted molar refractivity (Wildman–Crippen MR) is 81.8 cm³/mol. The molecule has 0 bridgehead atoms. The predicted octanol–water partition coefficient (Wildman–Crippen LogP) is 2.63. The second-order valence-electron chi connectivity index (χ2n) is 5.67. The molecule has 110 valence electrons. The van der Waals surface area contributed by atoms with E-state index in [1.54, 1.807) is 0 Å². The smallest absolute Gasteiger partial charge is 0.224 e. The largest absolute Gasteiger partial charge is 0.352 e. The van der Waals surface area contributed by atoms with Crippen LogP contribution in [0.5, 0.6) is 0 Å². The summed E-state index contributed by atoms with van der Waals surface area (Å²) in [5.74, 6) is 0.687. The number of carbonyl (C=O) groups excluding carboxylic acids is 1. The number of hydrogen-bond acceptors (Lipinski definition) is 2. The molecule has 1 amide bonds. The molecule has 2 unspecified atom stereocenters. The number of nitrogens with one attached hydrogen (secondary N) is 1. The lowest BCUT2D eigenvalue weighted by atomic mass is 10.1. The van der Waals surface area contributed by atoms with Crippen LogP contribution in [0.4, 0.5) is 0 Å². The first-order chi connectivity index (χ1) is 10.2. The van der Waals surface area contributed by atoms with Crippen LogP contribution in [0, 0.1) is 12.8 Å². The highest BCUT2D eigenvalue weighted by Gasteiger charge is 2.43. The fourth-order valence-electron chi connectivity index (χ4n) is 2.76. The van der Waals surface area contributed by atoms with Crippen LogP contribution < -0.4 is 5.32 Å². The topological polar surface area (TPSA) is 46.9 Å². The van der Waals surface area contributed by atoms with Crippen LogP contribution in [0.3, 0.4) is 0 Å². The molecule has 21 heavy (non-hydrogen) atoms. The molecule has 0 aliphatic heterocycles. The Morgan fingerprint density at radius 3 is 2.81 bits per heavy atom. The highest BCUT2D eigenvalue weighted by molar-refractivity contribution is 5.82. The van der Waals surface area contributed by atoms with Crippen LogP contribution in [-0.2, 0) is 17.9 Å². The van der Waals surface area contributed by atoms with Gasteiger partial charge in [0.15, 0.2) is 0 Å². The van der Waals surface area contributed by atoms with Crippen molar-refractivity contribution in [3.63, 3.8) is 0 Å². The van der Waals surface area contributed by atoms with Gasteiger partial charge in [-0.3, -0.25) is 9.48 Å². The second-order valence-corrected chi connectivity index (χ2v) is 5.67. The first-order valence-electron chi connectivity index (χ1n) is 7.54. The minimum absolute atomic E-state index is 0.133. The standard InChI is InChI=1S/C17H21N3O/c1-3-20-11-14(12(2)19-20)10-18-17(21)16-9-15(16)13-7-5-4-6-8-13/h4-8,11,15-16H,3,9-10H2,1-2H3,(H,18,21). The molecule has 1 fully saturated rings. The first-order valence-corrected chi connectivity index (χ1v) is 7.54. The summed E-state index contributed by atoms with van der Waals surface area (Å²) in [6, 6.07) is 10.3. The molecule has 1 aromatic heterocycles. The quantitative estimate of drug-likeness (QED) is 0.917. The number of hydrogen-bond donors (Lipinski definition) is 1. The molecule has 1 heterocycles. The third kappa shape index (κ3) is 2.99. The number of aryl methyl sites for hydroxylation is 2. The van der Waals surface area contributed by atoms with Gasteiger partial charge in [-0.05, 0) is 31.7 Å². The molecule has 4 heteroatoms. The monoisotopic (exact) mass is 283 g/mol. The van der Waals surface area contributed by atoms with E-state index in [9.17, 15) is 4.79 Å². The van der Waals surface area contributed by atoms with Gasteiger partial charge >= 0.3 is 0 Å². The molecule has 0 radical (unpaired) electrons. The fourth-order valence-corrected chi connectivity index (χ4v) is 2.76. The van der Waals surface area contributed by atoms with Crippen molar-refractivity contribution in [1.29, 1.82) is 0 Å². The first kappa shape index (κ1) is 13.9. The Kier molecular flexibility index (Phi) is 3.78. The number of aromatic nitrogens is 2. The van der Waals surface area contributed by atoms with Gasteiger partial charge < -0.3 is 5.32 Å². The number of carbonyl (C=O) groups is 1. The Hall–Kier alpha value is -2.10. The normalized spacial score (nSPS) is 20.3. The molecule has 1 aromatic carbocycles. The highest BCUT2D eigenvalue weighted by atomic mass is 16.2. The van der Waals surface area contributed by atoms with Crippen molar-refractivity contribution in [2.75, 3.05) is 0 Å². The van der Waals surface area contributed by atoms with Crippen molar-refractivity contribution in [3.8, 4) is 0 Å². The van der Waals surface area contributed by atoms with Gasteiger partial charge in [0, 0.05) is 30.8 Å². The molecule has 1 N–H and O–H groups in total. The number of nitrogens with zero attached hydrogens (tertiary/aromatic N) is 2. The Morgan fingerprint density at radius 2 is 2.14 bits per heavy atom. The fraction of sp³-hybridized carbons (Fsp3) is 0.412. The van der Waals surface area contributed by atoms with Gasteiger partial charge in [-0.1, -0.05) is 30.3 Å². The minimum Gasteiger partial charge on any atom is -0.352 e. The molecule has 2 aromatic rings. The van der Waals surface area contributed by atoms with Crippen molar-refractivity contribution in [2.24, 2.45) is 5.92 Å². The Morgan fingerprint density at radius 1 is 1.38 bits per heavy atom. The van der Waals surface area contributed by atoms with Crippen LogP contribution >= 0.6 is 0 Å². The number of amides is 1. The Labute approximate surface area is 125 Å². The summed E-state index contributed by atoms with van der Waals surface area (Å²) in [5, 5.41) is 7.44. The van der Waals surface area contributed by atoms with E-state index in [2.05, 4.69) is 29.5 Å². The summed E-state index contributed by atoms with van der Waals surface area (Å²) in [6.07, 6.45) is 2.97. The highest BCUT2D eigenvalue weighted by Crippen LogP contribution is 2.47. The Balaban J connectivity index is 1.55. The van der Waals surface area contributed by atoms with E-state index in [1.807, 2.05) is 36.0 Å². The average Bonchev–Trinajstić information content (AvgIpc) is 3.23. The van der Waals surface area contributed by atoms with Gasteiger partial charge in [-0.15, -0.1) is 0 Å². The molecule has 0 spiro atoms. The molecule has 2 atom stereocenters. The molecule has 1 aliphatic rings. The molecule has 4 nitrogen and oxygen atoms in total. The third-order valence-corrected chi connectivity index (χ3v) is 4.18. The van der Waals surface area contributed by atoms with Gasteiger partial charge in [0.05, 0.1) is 5.69 Å². The van der Waals surface area contributed by atoms with E-state index in [1.165, 1.54) is 5.56 Å². The zero-order chi connectivity index (χ0) is 14.8. The molecule has 1 saturated carbocycles. The van der Waals surface area contributed by atoms with Crippen molar-refractivity contribution >= 4 is 5.91 Å². The zero-order valence-corrected chi connectivity index (χ0v) is 12.5. The zero-order valence-electron chi connectivity index (χ0n) is 12.5. The molecule has 0 saturated heterocycles.